The van der Waals surface area contributed by atoms with Crippen molar-refractivity contribution in [1.29, 1.82) is 0 Å². The molecule has 7 heteroatoms. The molecule has 0 saturated carbocycles. The highest BCUT2D eigenvalue weighted by Gasteiger charge is 2.35. The number of sulfonamides is 1. The maximum Gasteiger partial charge on any atom is 0.248 e. The quantitative estimate of drug-likeness (QED) is 0.779. The molecular weight excluding hydrogens is 336 g/mol. The van der Waals surface area contributed by atoms with E-state index in [0.717, 1.165) is 24.3 Å². The van der Waals surface area contributed by atoms with Gasteiger partial charge < -0.3 is 4.52 Å². The molecule has 0 amide bonds. The fourth-order valence-electron chi connectivity index (χ4n) is 3.46. The van der Waals surface area contributed by atoms with Crippen LogP contribution >= 0.6 is 11.6 Å². The number of hydrogen-bond donors (Lipinski definition) is 0. The summed E-state index contributed by atoms with van der Waals surface area (Å²) in [5.41, 5.74) is 0.422. The van der Waals surface area contributed by atoms with Crippen molar-refractivity contribution < 1.29 is 12.9 Å². The highest BCUT2D eigenvalue weighted by molar-refractivity contribution is 7.89. The van der Waals surface area contributed by atoms with Gasteiger partial charge in [-0.15, -0.1) is 0 Å². The van der Waals surface area contributed by atoms with Gasteiger partial charge in [-0.25, -0.2) is 8.42 Å². The van der Waals surface area contributed by atoms with E-state index >= 15 is 0 Å². The first-order valence-electron chi connectivity index (χ1n) is 7.86. The van der Waals surface area contributed by atoms with E-state index in [4.69, 9.17) is 16.1 Å². The maximum atomic E-state index is 12.8. The Hall–Kier alpha value is -1.11. The van der Waals surface area contributed by atoms with Crippen molar-refractivity contribution in [2.75, 3.05) is 13.1 Å². The number of aryl methyl sites for hydroxylation is 2. The molecule has 0 radical (unpaired) electrons. The molecule has 1 atom stereocenters. The molecule has 1 aromatic heterocycles. The van der Waals surface area contributed by atoms with Crippen molar-refractivity contribution in [3.05, 3.63) is 34.7 Å². The molecule has 0 spiro atoms. The molecule has 1 saturated heterocycles. The van der Waals surface area contributed by atoms with Gasteiger partial charge in [-0.1, -0.05) is 35.0 Å². The third-order valence-electron chi connectivity index (χ3n) is 4.68. The van der Waals surface area contributed by atoms with Gasteiger partial charge >= 0.3 is 0 Å². The maximum absolute atomic E-state index is 12.8. The summed E-state index contributed by atoms with van der Waals surface area (Å²) in [5, 5.41) is 4.65. The minimum absolute atomic E-state index is 0.214. The van der Waals surface area contributed by atoms with Gasteiger partial charge in [-0.3, -0.25) is 0 Å². The van der Waals surface area contributed by atoms with E-state index in [-0.39, 0.29) is 10.8 Å². The largest absolute Gasteiger partial charge is 0.360 e. The number of aromatic nitrogens is 1. The Morgan fingerprint density at radius 3 is 2.57 bits per heavy atom. The Labute approximate surface area is 142 Å². The lowest BCUT2D eigenvalue weighted by Gasteiger charge is -2.35. The Bertz CT molecular complexity index is 724. The van der Waals surface area contributed by atoms with Crippen LogP contribution in [0.15, 0.2) is 32.7 Å². The van der Waals surface area contributed by atoms with E-state index in [2.05, 4.69) is 17.3 Å². The second-order valence-electron chi connectivity index (χ2n) is 6.17. The minimum atomic E-state index is -3.54. The first kappa shape index (κ1) is 16.7. The van der Waals surface area contributed by atoms with Crippen LogP contribution < -0.4 is 0 Å². The fraction of sp³-hybridized carbons (Fsp3) is 0.562. The predicted molar refractivity (Wildman–Crippen MR) is 88.6 cm³/mol. The molecule has 23 heavy (non-hydrogen) atoms. The Morgan fingerprint density at radius 2 is 2.00 bits per heavy atom. The first-order valence-corrected chi connectivity index (χ1v) is 9.68. The average Bonchev–Trinajstić information content (AvgIpc) is 2.87. The zero-order valence-electron chi connectivity index (χ0n) is 13.3. The molecule has 3 rings (SSSR count). The predicted octanol–water partition coefficient (Wildman–Crippen LogP) is 3.39. The summed E-state index contributed by atoms with van der Waals surface area (Å²) in [6.45, 7) is 4.31. The second-order valence-corrected chi connectivity index (χ2v) is 8.48. The second kappa shape index (κ2) is 6.42. The molecular formula is C16H21ClN2O3S. The number of piperidine rings is 1. The number of allylic oxidation sites excluding steroid dienone is 4. The number of rotatable bonds is 3. The van der Waals surface area contributed by atoms with Gasteiger partial charge in [0.05, 0.1) is 0 Å². The smallest absolute Gasteiger partial charge is 0.248 e. The molecule has 1 aliphatic carbocycles. The minimum Gasteiger partial charge on any atom is -0.360 e. The van der Waals surface area contributed by atoms with Crippen LogP contribution in [-0.4, -0.2) is 31.0 Å². The third-order valence-corrected chi connectivity index (χ3v) is 7.23. The van der Waals surface area contributed by atoms with Gasteiger partial charge in [-0.05, 0) is 39.0 Å². The normalized spacial score (nSPS) is 24.0. The highest BCUT2D eigenvalue weighted by atomic mass is 35.5. The molecule has 0 N–H and O–H groups in total. The van der Waals surface area contributed by atoms with E-state index in [1.807, 2.05) is 6.08 Å². The third kappa shape index (κ3) is 3.12. The lowest BCUT2D eigenvalue weighted by atomic mass is 9.82. The zero-order chi connectivity index (χ0) is 16.6. The number of nitrogens with zero attached hydrogens (tertiary/aromatic N) is 2. The van der Waals surface area contributed by atoms with Crippen LogP contribution in [0.5, 0.6) is 0 Å². The van der Waals surface area contributed by atoms with Crippen molar-refractivity contribution in [3.8, 4) is 0 Å². The number of hydrogen-bond acceptors (Lipinski definition) is 4. The van der Waals surface area contributed by atoms with E-state index in [0.29, 0.717) is 30.5 Å². The van der Waals surface area contributed by atoms with Crippen LogP contribution in [0.4, 0.5) is 0 Å². The molecule has 5 nitrogen and oxygen atoms in total. The van der Waals surface area contributed by atoms with Crippen LogP contribution in [0.2, 0.25) is 0 Å². The van der Waals surface area contributed by atoms with E-state index in [1.54, 1.807) is 18.2 Å². The van der Waals surface area contributed by atoms with Crippen molar-refractivity contribution in [3.63, 3.8) is 0 Å². The lowest BCUT2D eigenvalue weighted by Crippen LogP contribution is -2.40. The van der Waals surface area contributed by atoms with Crippen LogP contribution in [0, 0.1) is 25.7 Å². The van der Waals surface area contributed by atoms with Crippen LogP contribution in [-0.2, 0) is 10.0 Å². The van der Waals surface area contributed by atoms with Crippen molar-refractivity contribution >= 4 is 21.6 Å². The van der Waals surface area contributed by atoms with E-state index in [1.165, 1.54) is 0 Å². The highest BCUT2D eigenvalue weighted by Crippen LogP contribution is 2.36. The van der Waals surface area contributed by atoms with Crippen LogP contribution in [0.3, 0.4) is 0 Å². The number of halogens is 1. The van der Waals surface area contributed by atoms with Gasteiger partial charge in [0.2, 0.25) is 10.0 Å². The zero-order valence-corrected chi connectivity index (χ0v) is 14.9. The van der Waals surface area contributed by atoms with Crippen LogP contribution in [0.25, 0.3) is 0 Å². The van der Waals surface area contributed by atoms with Crippen molar-refractivity contribution in [1.82, 2.24) is 9.46 Å². The lowest BCUT2D eigenvalue weighted by molar-refractivity contribution is 0.248. The van der Waals surface area contributed by atoms with Gasteiger partial charge in [0.25, 0.3) is 0 Å². The molecule has 1 aliphatic heterocycles. The fourth-order valence-corrected chi connectivity index (χ4v) is 5.56. The van der Waals surface area contributed by atoms with Crippen molar-refractivity contribution in [2.45, 2.75) is 38.0 Å². The summed E-state index contributed by atoms with van der Waals surface area (Å²) in [7, 11) is -3.54. The van der Waals surface area contributed by atoms with Gasteiger partial charge in [0.15, 0.2) is 5.76 Å². The first-order chi connectivity index (χ1) is 10.9. The SMILES string of the molecule is Cc1noc(C)c1S(=O)(=O)N1CCC(C2C=CCC=C2Cl)CC1. The monoisotopic (exact) mass is 356 g/mol. The molecule has 1 aromatic rings. The van der Waals surface area contributed by atoms with Gasteiger partial charge in [0.1, 0.15) is 10.6 Å². The summed E-state index contributed by atoms with van der Waals surface area (Å²) in [6, 6.07) is 0. The van der Waals surface area contributed by atoms with Crippen LogP contribution in [0.1, 0.15) is 30.7 Å². The molecule has 1 fully saturated rings. The molecule has 2 heterocycles. The summed E-state index contributed by atoms with van der Waals surface area (Å²) in [6.07, 6.45) is 8.83. The van der Waals surface area contributed by atoms with Gasteiger partial charge in [-0.2, -0.15) is 4.31 Å². The van der Waals surface area contributed by atoms with E-state index < -0.39 is 10.0 Å². The molecule has 2 aliphatic rings. The Balaban J connectivity index is 1.73. The summed E-state index contributed by atoms with van der Waals surface area (Å²) >= 11 is 6.32. The summed E-state index contributed by atoms with van der Waals surface area (Å²) in [4.78, 5) is 0.214. The van der Waals surface area contributed by atoms with Gasteiger partial charge in [0, 0.05) is 24.0 Å². The molecule has 1 unspecified atom stereocenters. The van der Waals surface area contributed by atoms with Crippen molar-refractivity contribution in [2.24, 2.45) is 11.8 Å². The standard InChI is InChI=1S/C16H21ClN2O3S/c1-11-16(12(2)22-18-11)23(20,21)19-9-7-13(8-10-19)14-5-3-4-6-15(14)17/h3,5-6,13-14H,4,7-10H2,1-2H3. The molecule has 0 bridgehead atoms. The molecule has 126 valence electrons. The summed E-state index contributed by atoms with van der Waals surface area (Å²) < 4.78 is 32.2. The Kier molecular flexibility index (Phi) is 4.67. The van der Waals surface area contributed by atoms with E-state index in [9.17, 15) is 8.42 Å². The average molecular weight is 357 g/mol. The molecule has 0 aromatic carbocycles. The summed E-state index contributed by atoms with van der Waals surface area (Å²) in [5.74, 6) is 0.978. The Morgan fingerprint density at radius 1 is 1.30 bits per heavy atom. The topological polar surface area (TPSA) is 63.4 Å².